The molecule has 1 N–H and O–H groups in total. The van der Waals surface area contributed by atoms with Crippen LogP contribution in [0.25, 0.3) is 0 Å². The maximum atomic E-state index is 9.53. The number of hydrogen-bond donors (Lipinski definition) is 1. The molecule has 0 aromatic carbocycles. The summed E-state index contributed by atoms with van der Waals surface area (Å²) in [5.74, 6) is 0. The average Bonchev–Trinajstić information content (AvgIpc) is 1.85. The molecule has 0 rings (SSSR count). The summed E-state index contributed by atoms with van der Waals surface area (Å²) in [5, 5.41) is 9.53. The third kappa shape index (κ3) is 4.57. The molecule has 1 nitrogen and oxygen atoms in total. The lowest BCUT2D eigenvalue weighted by atomic mass is 9.98. The normalized spacial score (nSPS) is 16.1. The van der Waals surface area contributed by atoms with Crippen molar-refractivity contribution >= 4 is 0 Å². The first-order valence-corrected chi connectivity index (χ1v) is 3.83. The molecule has 0 spiro atoms. The Balaban J connectivity index is 3.78. The zero-order valence-corrected chi connectivity index (χ0v) is 7.44. The van der Waals surface area contributed by atoms with Gasteiger partial charge in [0.15, 0.2) is 0 Å². The predicted octanol–water partition coefficient (Wildman–Crippen LogP) is 2.50. The third-order valence-electron chi connectivity index (χ3n) is 1.71. The Bertz CT molecular complexity index is 119. The fourth-order valence-electron chi connectivity index (χ4n) is 0.568. The molecule has 0 radical (unpaired) electrons. The summed E-state index contributed by atoms with van der Waals surface area (Å²) in [6, 6.07) is 0. The van der Waals surface area contributed by atoms with Crippen molar-refractivity contribution < 1.29 is 5.11 Å². The van der Waals surface area contributed by atoms with Crippen LogP contribution in [-0.4, -0.2) is 10.7 Å². The van der Waals surface area contributed by atoms with Crippen LogP contribution < -0.4 is 0 Å². The lowest BCUT2D eigenvalue weighted by molar-refractivity contribution is 0.0590. The highest BCUT2D eigenvalue weighted by Crippen LogP contribution is 2.14. The molecule has 0 saturated heterocycles. The van der Waals surface area contributed by atoms with Crippen molar-refractivity contribution in [3.8, 4) is 0 Å². The molecule has 0 aromatic rings. The van der Waals surface area contributed by atoms with Crippen LogP contribution in [0.2, 0.25) is 0 Å². The molecule has 1 atom stereocenters. The second kappa shape index (κ2) is 3.77. The van der Waals surface area contributed by atoms with Gasteiger partial charge in [-0.15, -0.1) is 0 Å². The summed E-state index contributed by atoms with van der Waals surface area (Å²) in [7, 11) is 0. The lowest BCUT2D eigenvalue weighted by Gasteiger charge is -2.18. The third-order valence-corrected chi connectivity index (χ3v) is 1.71. The highest BCUT2D eigenvalue weighted by atomic mass is 16.3. The van der Waals surface area contributed by atoms with E-state index < -0.39 is 5.60 Å². The first-order chi connectivity index (χ1) is 4.48. The van der Waals surface area contributed by atoms with Gasteiger partial charge in [-0.25, -0.2) is 0 Å². The van der Waals surface area contributed by atoms with E-state index in [1.807, 2.05) is 27.7 Å². The maximum Gasteiger partial charge on any atom is 0.0651 e. The van der Waals surface area contributed by atoms with Crippen molar-refractivity contribution in [2.45, 2.75) is 46.1 Å². The second-order valence-electron chi connectivity index (χ2n) is 3.34. The summed E-state index contributed by atoms with van der Waals surface area (Å²) < 4.78 is 0. The minimum atomic E-state index is -0.503. The van der Waals surface area contributed by atoms with Gasteiger partial charge < -0.3 is 5.11 Å². The molecular formula is C9H18O. The number of allylic oxidation sites excluding steroid dienone is 1. The van der Waals surface area contributed by atoms with Gasteiger partial charge in [-0.05, 0) is 33.6 Å². The molecule has 1 heteroatoms. The fraction of sp³-hybridized carbons (Fsp3) is 0.778. The lowest BCUT2D eigenvalue weighted by Crippen LogP contribution is -2.21. The first-order valence-electron chi connectivity index (χ1n) is 3.83. The van der Waals surface area contributed by atoms with Gasteiger partial charge in [0.2, 0.25) is 0 Å². The topological polar surface area (TPSA) is 20.2 Å². The molecule has 0 aromatic heterocycles. The van der Waals surface area contributed by atoms with Gasteiger partial charge >= 0.3 is 0 Å². The molecule has 60 valence electrons. The molecule has 0 saturated carbocycles. The average molecular weight is 142 g/mol. The number of aliphatic hydroxyl groups is 1. The molecular weight excluding hydrogens is 124 g/mol. The van der Waals surface area contributed by atoms with E-state index in [4.69, 9.17) is 0 Å². The Morgan fingerprint density at radius 1 is 1.50 bits per heavy atom. The van der Waals surface area contributed by atoms with E-state index in [9.17, 15) is 5.11 Å². The molecule has 0 bridgehead atoms. The Labute approximate surface area is 63.8 Å². The van der Waals surface area contributed by atoms with Gasteiger partial charge in [-0.3, -0.25) is 0 Å². The smallest absolute Gasteiger partial charge is 0.0651 e. The van der Waals surface area contributed by atoms with Crippen molar-refractivity contribution in [3.63, 3.8) is 0 Å². The molecule has 0 fully saturated rings. The van der Waals surface area contributed by atoms with Crippen LogP contribution in [0.4, 0.5) is 0 Å². The highest BCUT2D eigenvalue weighted by Gasteiger charge is 2.14. The van der Waals surface area contributed by atoms with E-state index in [-0.39, 0.29) is 0 Å². The minimum absolute atomic E-state index is 0.503. The van der Waals surface area contributed by atoms with Crippen LogP contribution >= 0.6 is 0 Å². The number of hydrogen-bond acceptors (Lipinski definition) is 1. The van der Waals surface area contributed by atoms with Crippen LogP contribution in [0.15, 0.2) is 11.6 Å². The Kier molecular flexibility index (Phi) is 3.66. The van der Waals surface area contributed by atoms with E-state index in [0.29, 0.717) is 0 Å². The summed E-state index contributed by atoms with van der Waals surface area (Å²) in [4.78, 5) is 0. The van der Waals surface area contributed by atoms with Crippen LogP contribution in [0.1, 0.15) is 40.5 Å². The van der Waals surface area contributed by atoms with E-state index in [1.54, 1.807) is 0 Å². The Morgan fingerprint density at radius 2 is 2.00 bits per heavy atom. The van der Waals surface area contributed by atoms with Crippen molar-refractivity contribution in [1.29, 1.82) is 0 Å². The monoisotopic (exact) mass is 142 g/mol. The molecule has 0 aliphatic carbocycles. The van der Waals surface area contributed by atoms with Crippen molar-refractivity contribution in [2.75, 3.05) is 0 Å². The zero-order valence-electron chi connectivity index (χ0n) is 7.44. The van der Waals surface area contributed by atoms with Crippen molar-refractivity contribution in [1.82, 2.24) is 0 Å². The van der Waals surface area contributed by atoms with E-state index in [1.165, 1.54) is 5.57 Å². The SMILES string of the molecule is CCC(C)(O)CC=C(C)C. The summed E-state index contributed by atoms with van der Waals surface area (Å²) in [6.45, 7) is 7.96. The molecule has 1 unspecified atom stereocenters. The van der Waals surface area contributed by atoms with Gasteiger partial charge in [-0.1, -0.05) is 18.6 Å². The fourth-order valence-corrected chi connectivity index (χ4v) is 0.568. The van der Waals surface area contributed by atoms with Gasteiger partial charge in [0.1, 0.15) is 0 Å². The van der Waals surface area contributed by atoms with Gasteiger partial charge in [0.25, 0.3) is 0 Å². The molecule has 0 aliphatic heterocycles. The van der Waals surface area contributed by atoms with Crippen LogP contribution in [0.3, 0.4) is 0 Å². The highest BCUT2D eigenvalue weighted by molar-refractivity contribution is 4.96. The summed E-state index contributed by atoms with van der Waals surface area (Å²) in [6.07, 6.45) is 3.66. The van der Waals surface area contributed by atoms with Crippen molar-refractivity contribution in [3.05, 3.63) is 11.6 Å². The van der Waals surface area contributed by atoms with Crippen LogP contribution in [0.5, 0.6) is 0 Å². The first kappa shape index (κ1) is 9.70. The quantitative estimate of drug-likeness (QED) is 0.600. The van der Waals surface area contributed by atoms with Crippen LogP contribution in [-0.2, 0) is 0 Å². The number of rotatable bonds is 3. The van der Waals surface area contributed by atoms with Gasteiger partial charge in [0.05, 0.1) is 5.60 Å². The van der Waals surface area contributed by atoms with E-state index in [0.717, 1.165) is 12.8 Å². The predicted molar refractivity (Wildman–Crippen MR) is 45.0 cm³/mol. The van der Waals surface area contributed by atoms with E-state index >= 15 is 0 Å². The van der Waals surface area contributed by atoms with Crippen LogP contribution in [0, 0.1) is 0 Å². The van der Waals surface area contributed by atoms with E-state index in [2.05, 4.69) is 6.08 Å². The zero-order chi connectivity index (χ0) is 8.20. The van der Waals surface area contributed by atoms with Gasteiger partial charge in [0, 0.05) is 0 Å². The summed E-state index contributed by atoms with van der Waals surface area (Å²) in [5.41, 5.74) is 0.769. The van der Waals surface area contributed by atoms with Gasteiger partial charge in [-0.2, -0.15) is 0 Å². The molecule has 0 heterocycles. The summed E-state index contributed by atoms with van der Waals surface area (Å²) >= 11 is 0. The molecule has 0 amide bonds. The standard InChI is InChI=1S/C9H18O/c1-5-9(4,10)7-6-8(2)3/h6,10H,5,7H2,1-4H3. The molecule has 0 aliphatic rings. The molecule has 10 heavy (non-hydrogen) atoms. The largest absolute Gasteiger partial charge is 0.390 e. The second-order valence-corrected chi connectivity index (χ2v) is 3.34. The maximum absolute atomic E-state index is 9.53. The Hall–Kier alpha value is -0.300. The Morgan fingerprint density at radius 3 is 2.30 bits per heavy atom. The minimum Gasteiger partial charge on any atom is -0.390 e. The van der Waals surface area contributed by atoms with Crippen molar-refractivity contribution in [2.24, 2.45) is 0 Å².